The van der Waals surface area contributed by atoms with Gasteiger partial charge in [0.2, 0.25) is 5.91 Å². The third-order valence-electron chi connectivity index (χ3n) is 4.62. The minimum absolute atomic E-state index is 0.0313. The highest BCUT2D eigenvalue weighted by atomic mass is 32.1. The highest BCUT2D eigenvalue weighted by Gasteiger charge is 2.35. The quantitative estimate of drug-likeness (QED) is 0.808. The Morgan fingerprint density at radius 2 is 2.04 bits per heavy atom. The van der Waals surface area contributed by atoms with Gasteiger partial charge in [0.05, 0.1) is 17.8 Å². The van der Waals surface area contributed by atoms with E-state index >= 15 is 0 Å². The van der Waals surface area contributed by atoms with Crippen LogP contribution in [0.5, 0.6) is 0 Å². The fourth-order valence-electron chi connectivity index (χ4n) is 3.37. The van der Waals surface area contributed by atoms with Gasteiger partial charge >= 0.3 is 0 Å². The van der Waals surface area contributed by atoms with E-state index in [4.69, 9.17) is 10.7 Å². The van der Waals surface area contributed by atoms with Gasteiger partial charge in [-0.25, -0.2) is 4.98 Å². The molecule has 1 aliphatic rings. The van der Waals surface area contributed by atoms with Crippen molar-refractivity contribution < 1.29 is 4.79 Å². The van der Waals surface area contributed by atoms with E-state index in [1.165, 1.54) is 0 Å². The minimum atomic E-state index is -0.562. The van der Waals surface area contributed by atoms with Gasteiger partial charge < -0.3 is 15.2 Å². The fourth-order valence-corrected chi connectivity index (χ4v) is 3.52. The lowest BCUT2D eigenvalue weighted by Crippen LogP contribution is -2.50. The first-order valence-corrected chi connectivity index (χ1v) is 9.44. The fraction of sp³-hybridized carbons (Fsp3) is 0.474. The maximum atomic E-state index is 12.7. The molecule has 2 aromatic rings. The average molecular weight is 359 g/mol. The van der Waals surface area contributed by atoms with Crippen molar-refractivity contribution >= 4 is 18.5 Å². The van der Waals surface area contributed by atoms with Gasteiger partial charge in [-0.1, -0.05) is 44.2 Å². The van der Waals surface area contributed by atoms with E-state index in [-0.39, 0.29) is 11.9 Å². The van der Waals surface area contributed by atoms with E-state index in [2.05, 4.69) is 49.4 Å². The summed E-state index contributed by atoms with van der Waals surface area (Å²) in [6.07, 6.45) is 2.97. The predicted octanol–water partition coefficient (Wildman–Crippen LogP) is 2.74. The summed E-state index contributed by atoms with van der Waals surface area (Å²) in [6, 6.07) is 9.55. The maximum Gasteiger partial charge on any atom is 0.241 e. The lowest BCUT2D eigenvalue weighted by atomic mass is 9.99. The molecule has 0 saturated carbocycles. The van der Waals surface area contributed by atoms with Gasteiger partial charge in [0, 0.05) is 30.6 Å². The summed E-state index contributed by atoms with van der Waals surface area (Å²) in [5.41, 5.74) is 8.01. The molecule has 2 N–H and O–H groups in total. The predicted molar refractivity (Wildman–Crippen MR) is 103 cm³/mol. The normalized spacial score (nSPS) is 18.3. The molecule has 1 amide bonds. The Labute approximate surface area is 154 Å². The Balaban J connectivity index is 1.96. The van der Waals surface area contributed by atoms with Crippen LogP contribution in [0, 0.1) is 5.92 Å². The molecule has 0 unspecified atom stereocenters. The molecular formula is C19H26N4OS. The van der Waals surface area contributed by atoms with Gasteiger partial charge in [-0.15, -0.1) is 0 Å². The largest absolute Gasteiger partial charge is 0.331 e. The van der Waals surface area contributed by atoms with Crippen molar-refractivity contribution in [3.63, 3.8) is 0 Å². The summed E-state index contributed by atoms with van der Waals surface area (Å²) in [7, 11) is 0. The molecule has 3 rings (SSSR count). The zero-order chi connectivity index (χ0) is 18.0. The first-order chi connectivity index (χ1) is 12.0. The molecular weight excluding hydrogens is 332 g/mol. The summed E-state index contributed by atoms with van der Waals surface area (Å²) in [5.74, 6) is 1.73. The Morgan fingerprint density at radius 1 is 1.32 bits per heavy atom. The molecule has 25 heavy (non-hydrogen) atoms. The second kappa shape index (κ2) is 7.62. The number of imidazole rings is 1. The van der Waals surface area contributed by atoms with Crippen molar-refractivity contribution in [2.75, 3.05) is 12.3 Å². The standard InChI is InChI=1S/C19H26N4OS/c1-13(2)10-17-18-21-16(14-6-4-3-5-7-14)11-22(18)8-9-23(17)19(24)15(20)12-25/h3-7,11,13,15,17,25H,8-10,12,20H2,1-2H3/t15-,17-/m1/s1. The number of nitrogens with zero attached hydrogens (tertiary/aromatic N) is 3. The highest BCUT2D eigenvalue weighted by Crippen LogP contribution is 2.33. The van der Waals surface area contributed by atoms with Crippen LogP contribution in [-0.2, 0) is 11.3 Å². The van der Waals surface area contributed by atoms with Gasteiger partial charge in [0.1, 0.15) is 5.82 Å². The number of thiol groups is 1. The van der Waals surface area contributed by atoms with Crippen LogP contribution in [0.2, 0.25) is 0 Å². The lowest BCUT2D eigenvalue weighted by Gasteiger charge is -2.38. The van der Waals surface area contributed by atoms with Crippen molar-refractivity contribution in [3.05, 3.63) is 42.4 Å². The summed E-state index contributed by atoms with van der Waals surface area (Å²) in [5, 5.41) is 0. The number of carbonyl (C=O) groups excluding carboxylic acids is 1. The first-order valence-electron chi connectivity index (χ1n) is 8.80. The van der Waals surface area contributed by atoms with Crippen molar-refractivity contribution in [1.82, 2.24) is 14.5 Å². The van der Waals surface area contributed by atoms with E-state index in [0.29, 0.717) is 18.2 Å². The second-order valence-corrected chi connectivity index (χ2v) is 7.37. The summed E-state index contributed by atoms with van der Waals surface area (Å²) in [4.78, 5) is 19.5. The number of carbonyl (C=O) groups is 1. The molecule has 0 aliphatic carbocycles. The lowest BCUT2D eigenvalue weighted by molar-refractivity contribution is -0.136. The average Bonchev–Trinajstić information content (AvgIpc) is 3.06. The molecule has 2 atom stereocenters. The Bertz CT molecular complexity index is 728. The third-order valence-corrected chi connectivity index (χ3v) is 5.02. The van der Waals surface area contributed by atoms with Crippen LogP contribution in [0.1, 0.15) is 32.1 Å². The van der Waals surface area contributed by atoms with Crippen molar-refractivity contribution in [1.29, 1.82) is 0 Å². The van der Waals surface area contributed by atoms with Crippen molar-refractivity contribution in [3.8, 4) is 11.3 Å². The topological polar surface area (TPSA) is 64.2 Å². The second-order valence-electron chi connectivity index (χ2n) is 7.01. The van der Waals surface area contributed by atoms with Gasteiger partial charge in [-0.05, 0) is 12.3 Å². The molecule has 0 spiro atoms. The van der Waals surface area contributed by atoms with Gasteiger partial charge in [-0.2, -0.15) is 12.6 Å². The van der Waals surface area contributed by atoms with Crippen LogP contribution in [0.15, 0.2) is 36.5 Å². The Hall–Kier alpha value is -1.79. The zero-order valence-corrected chi connectivity index (χ0v) is 15.7. The molecule has 0 radical (unpaired) electrons. The Kier molecular flexibility index (Phi) is 5.49. The molecule has 1 aromatic carbocycles. The van der Waals surface area contributed by atoms with Crippen LogP contribution >= 0.6 is 12.6 Å². The van der Waals surface area contributed by atoms with Gasteiger partial charge in [0.25, 0.3) is 0 Å². The summed E-state index contributed by atoms with van der Waals surface area (Å²) < 4.78 is 2.19. The number of aromatic nitrogens is 2. The maximum absolute atomic E-state index is 12.7. The summed E-state index contributed by atoms with van der Waals surface area (Å²) >= 11 is 4.19. The van der Waals surface area contributed by atoms with E-state index in [1.54, 1.807) is 0 Å². The Morgan fingerprint density at radius 3 is 2.68 bits per heavy atom. The number of rotatable bonds is 5. The molecule has 0 fully saturated rings. The molecule has 5 nitrogen and oxygen atoms in total. The molecule has 2 heterocycles. The number of fused-ring (bicyclic) bond motifs is 1. The van der Waals surface area contributed by atoms with Crippen molar-refractivity contribution in [2.45, 2.75) is 38.9 Å². The molecule has 134 valence electrons. The van der Waals surface area contributed by atoms with Gasteiger partial charge in [-0.3, -0.25) is 4.79 Å². The molecule has 0 bridgehead atoms. The monoisotopic (exact) mass is 358 g/mol. The van der Waals surface area contributed by atoms with Crippen LogP contribution in [-0.4, -0.2) is 38.7 Å². The van der Waals surface area contributed by atoms with Crippen LogP contribution < -0.4 is 5.73 Å². The van der Waals surface area contributed by atoms with E-state index < -0.39 is 6.04 Å². The minimum Gasteiger partial charge on any atom is -0.331 e. The highest BCUT2D eigenvalue weighted by molar-refractivity contribution is 7.80. The molecule has 6 heteroatoms. The molecule has 0 saturated heterocycles. The third kappa shape index (κ3) is 3.75. The van der Waals surface area contributed by atoms with Crippen LogP contribution in [0.3, 0.4) is 0 Å². The van der Waals surface area contributed by atoms with E-state index in [9.17, 15) is 4.79 Å². The number of nitrogens with two attached hydrogens (primary N) is 1. The van der Waals surface area contributed by atoms with E-state index in [1.807, 2.05) is 23.1 Å². The smallest absolute Gasteiger partial charge is 0.241 e. The molecule has 1 aromatic heterocycles. The number of hydrogen-bond acceptors (Lipinski definition) is 4. The van der Waals surface area contributed by atoms with Gasteiger partial charge in [0.15, 0.2) is 0 Å². The number of benzene rings is 1. The van der Waals surface area contributed by atoms with Crippen LogP contribution in [0.25, 0.3) is 11.3 Å². The van der Waals surface area contributed by atoms with Crippen molar-refractivity contribution in [2.24, 2.45) is 11.7 Å². The first kappa shape index (κ1) is 18.0. The number of hydrogen-bond donors (Lipinski definition) is 2. The van der Waals surface area contributed by atoms with Crippen LogP contribution in [0.4, 0.5) is 0 Å². The number of amides is 1. The summed E-state index contributed by atoms with van der Waals surface area (Å²) in [6.45, 7) is 5.74. The SMILES string of the molecule is CC(C)C[C@@H]1c2nc(-c3ccccc3)cn2CCN1C(=O)[C@H](N)CS. The molecule has 1 aliphatic heterocycles. The zero-order valence-electron chi connectivity index (χ0n) is 14.8. The van der Waals surface area contributed by atoms with E-state index in [0.717, 1.165) is 30.0 Å².